The molecule has 0 bridgehead atoms. The van der Waals surface area contributed by atoms with E-state index in [1.165, 1.54) is 30.3 Å². The van der Waals surface area contributed by atoms with E-state index in [9.17, 15) is 13.6 Å². The van der Waals surface area contributed by atoms with Crippen molar-refractivity contribution in [2.45, 2.75) is 0 Å². The van der Waals surface area contributed by atoms with E-state index in [1.807, 2.05) is 0 Å². The van der Waals surface area contributed by atoms with E-state index < -0.39 is 17.5 Å². The fourth-order valence-corrected chi connectivity index (χ4v) is 2.09. The minimum absolute atomic E-state index is 0.0335. The molecule has 2 aromatic rings. The van der Waals surface area contributed by atoms with Crippen molar-refractivity contribution >= 4 is 44.9 Å². The molecule has 0 saturated heterocycles. The van der Waals surface area contributed by atoms with Gasteiger partial charge in [0.25, 0.3) is 5.91 Å². The van der Waals surface area contributed by atoms with Crippen LogP contribution in [0, 0.1) is 11.6 Å². The predicted octanol–water partition coefficient (Wildman–Crippen LogP) is 3.36. The third-order valence-electron chi connectivity index (χ3n) is 2.58. The Morgan fingerprint density at radius 3 is 2.50 bits per heavy atom. The lowest BCUT2D eigenvalue weighted by atomic mass is 10.2. The van der Waals surface area contributed by atoms with Gasteiger partial charge in [-0.25, -0.2) is 8.78 Å². The van der Waals surface area contributed by atoms with Crippen molar-refractivity contribution in [2.75, 3.05) is 5.32 Å². The average Bonchev–Trinajstić information content (AvgIpc) is 2.49. The molecule has 0 aliphatic heterocycles. The maximum atomic E-state index is 13.5. The van der Waals surface area contributed by atoms with Gasteiger partial charge in [-0.15, -0.1) is 0 Å². The summed E-state index contributed by atoms with van der Waals surface area (Å²) in [6.07, 6.45) is 0. The first kappa shape index (κ1) is 16.3. The van der Waals surface area contributed by atoms with Crippen LogP contribution in [0.3, 0.4) is 0 Å². The SMILES string of the molecule is O=C(NNC(=S)Nc1ccccc1F)c1cc(Br)ccc1F. The topological polar surface area (TPSA) is 53.2 Å². The number of benzene rings is 2. The van der Waals surface area contributed by atoms with E-state index in [0.717, 1.165) is 6.07 Å². The number of hydrogen-bond acceptors (Lipinski definition) is 2. The maximum absolute atomic E-state index is 13.5. The number of carbonyl (C=O) groups excluding carboxylic acids is 1. The number of hydrazine groups is 1. The zero-order valence-corrected chi connectivity index (χ0v) is 13.4. The average molecular weight is 386 g/mol. The molecule has 0 radical (unpaired) electrons. The third-order valence-corrected chi connectivity index (χ3v) is 3.28. The highest BCUT2D eigenvalue weighted by atomic mass is 79.9. The van der Waals surface area contributed by atoms with Crippen LogP contribution < -0.4 is 16.2 Å². The molecule has 1 amide bonds. The van der Waals surface area contributed by atoms with E-state index in [-0.39, 0.29) is 16.4 Å². The van der Waals surface area contributed by atoms with Gasteiger partial charge in [-0.3, -0.25) is 15.6 Å². The molecule has 22 heavy (non-hydrogen) atoms. The second kappa shape index (κ2) is 7.28. The van der Waals surface area contributed by atoms with Crippen molar-refractivity contribution in [2.24, 2.45) is 0 Å². The summed E-state index contributed by atoms with van der Waals surface area (Å²) in [5.41, 5.74) is 4.60. The van der Waals surface area contributed by atoms with Gasteiger partial charge in [0.15, 0.2) is 5.11 Å². The number of halogens is 3. The molecule has 0 aliphatic rings. The number of thiocarbonyl (C=S) groups is 1. The summed E-state index contributed by atoms with van der Waals surface area (Å²) < 4.78 is 27.5. The van der Waals surface area contributed by atoms with E-state index in [1.54, 1.807) is 6.07 Å². The minimum Gasteiger partial charge on any atom is -0.329 e. The van der Waals surface area contributed by atoms with Gasteiger partial charge in [0.05, 0.1) is 11.3 Å². The van der Waals surface area contributed by atoms with Gasteiger partial charge in [-0.05, 0) is 42.5 Å². The summed E-state index contributed by atoms with van der Waals surface area (Å²) in [5, 5.41) is 2.54. The molecule has 0 fully saturated rings. The zero-order valence-electron chi connectivity index (χ0n) is 11.0. The Morgan fingerprint density at radius 2 is 1.77 bits per heavy atom. The van der Waals surface area contributed by atoms with Gasteiger partial charge in [0.2, 0.25) is 0 Å². The van der Waals surface area contributed by atoms with Crippen molar-refractivity contribution in [1.82, 2.24) is 10.9 Å². The van der Waals surface area contributed by atoms with Gasteiger partial charge in [-0.2, -0.15) is 0 Å². The number of carbonyl (C=O) groups is 1. The van der Waals surface area contributed by atoms with Crippen LogP contribution in [0.15, 0.2) is 46.9 Å². The Labute approximate surface area is 139 Å². The number of amides is 1. The van der Waals surface area contributed by atoms with Gasteiger partial charge in [0, 0.05) is 4.47 Å². The van der Waals surface area contributed by atoms with Crippen LogP contribution in [0.4, 0.5) is 14.5 Å². The van der Waals surface area contributed by atoms with Crippen LogP contribution in [0.2, 0.25) is 0 Å². The Kier molecular flexibility index (Phi) is 5.40. The first-order valence-corrected chi connectivity index (χ1v) is 7.24. The van der Waals surface area contributed by atoms with E-state index >= 15 is 0 Å². The molecule has 8 heteroatoms. The summed E-state index contributed by atoms with van der Waals surface area (Å²) in [6.45, 7) is 0. The molecule has 0 saturated carbocycles. The lowest BCUT2D eigenvalue weighted by Crippen LogP contribution is -2.44. The highest BCUT2D eigenvalue weighted by Crippen LogP contribution is 2.15. The van der Waals surface area contributed by atoms with E-state index in [0.29, 0.717) is 4.47 Å². The molecule has 0 unspecified atom stereocenters. The van der Waals surface area contributed by atoms with Crippen LogP contribution in [0.25, 0.3) is 0 Å². The molecule has 3 N–H and O–H groups in total. The summed E-state index contributed by atoms with van der Waals surface area (Å²) in [6, 6.07) is 9.89. The first-order chi connectivity index (χ1) is 10.5. The molecule has 2 aromatic carbocycles. The van der Waals surface area contributed by atoms with Crippen molar-refractivity contribution in [3.63, 3.8) is 0 Å². The Balaban J connectivity index is 1.95. The van der Waals surface area contributed by atoms with Crippen LogP contribution in [0.5, 0.6) is 0 Å². The van der Waals surface area contributed by atoms with Gasteiger partial charge >= 0.3 is 0 Å². The molecule has 4 nitrogen and oxygen atoms in total. The Morgan fingerprint density at radius 1 is 1.05 bits per heavy atom. The first-order valence-electron chi connectivity index (χ1n) is 6.04. The second-order valence-electron chi connectivity index (χ2n) is 4.14. The standard InChI is InChI=1S/C14H10BrF2N3OS/c15-8-5-6-10(16)9(7-8)13(21)19-20-14(22)18-12-4-2-1-3-11(12)17/h1-7H,(H,19,21)(H2,18,20,22). The largest absolute Gasteiger partial charge is 0.329 e. The predicted molar refractivity (Wildman–Crippen MR) is 87.3 cm³/mol. The van der Waals surface area contributed by atoms with Crippen molar-refractivity contribution in [1.29, 1.82) is 0 Å². The maximum Gasteiger partial charge on any atom is 0.272 e. The Hall–Kier alpha value is -2.06. The Bertz CT molecular complexity index is 727. The summed E-state index contributed by atoms with van der Waals surface area (Å²) >= 11 is 8.07. The third kappa shape index (κ3) is 4.22. The minimum atomic E-state index is -0.712. The summed E-state index contributed by atoms with van der Waals surface area (Å²) in [5.74, 6) is -1.87. The van der Waals surface area contributed by atoms with Gasteiger partial charge < -0.3 is 5.32 Å². The molecule has 0 spiro atoms. The number of nitrogens with one attached hydrogen (secondary N) is 3. The van der Waals surface area contributed by atoms with Crippen molar-refractivity contribution in [3.05, 3.63) is 64.1 Å². The van der Waals surface area contributed by atoms with Crippen molar-refractivity contribution in [3.8, 4) is 0 Å². The van der Waals surface area contributed by atoms with Crippen molar-refractivity contribution < 1.29 is 13.6 Å². The van der Waals surface area contributed by atoms with Crippen LogP contribution >= 0.6 is 28.1 Å². The highest BCUT2D eigenvalue weighted by molar-refractivity contribution is 9.10. The number of anilines is 1. The lowest BCUT2D eigenvalue weighted by molar-refractivity contribution is 0.0940. The van der Waals surface area contributed by atoms with Gasteiger partial charge in [0.1, 0.15) is 11.6 Å². The van der Waals surface area contributed by atoms with Crippen LogP contribution in [0.1, 0.15) is 10.4 Å². The van der Waals surface area contributed by atoms with E-state index in [4.69, 9.17) is 12.2 Å². The molecular weight excluding hydrogens is 376 g/mol. The normalized spacial score (nSPS) is 9.95. The zero-order chi connectivity index (χ0) is 16.1. The fraction of sp³-hybridized carbons (Fsp3) is 0. The molecule has 0 heterocycles. The lowest BCUT2D eigenvalue weighted by Gasteiger charge is -2.12. The van der Waals surface area contributed by atoms with Gasteiger partial charge in [-0.1, -0.05) is 28.1 Å². The second-order valence-corrected chi connectivity index (χ2v) is 5.46. The number of rotatable bonds is 2. The monoisotopic (exact) mass is 385 g/mol. The molecule has 2 rings (SSSR count). The smallest absolute Gasteiger partial charge is 0.272 e. The quantitative estimate of drug-likeness (QED) is 0.548. The molecule has 0 aliphatic carbocycles. The van der Waals surface area contributed by atoms with E-state index in [2.05, 4.69) is 32.1 Å². The molecular formula is C14H10BrF2N3OS. The summed E-state index contributed by atoms with van der Waals surface area (Å²) in [4.78, 5) is 11.8. The number of hydrogen-bond donors (Lipinski definition) is 3. The van der Waals surface area contributed by atoms with Crippen LogP contribution in [-0.4, -0.2) is 11.0 Å². The number of para-hydroxylation sites is 1. The molecule has 0 aromatic heterocycles. The highest BCUT2D eigenvalue weighted by Gasteiger charge is 2.12. The summed E-state index contributed by atoms with van der Waals surface area (Å²) in [7, 11) is 0. The van der Waals surface area contributed by atoms with Crippen LogP contribution in [-0.2, 0) is 0 Å². The fourth-order valence-electron chi connectivity index (χ4n) is 1.57. The molecule has 0 atom stereocenters. The molecule has 114 valence electrons.